The zero-order chi connectivity index (χ0) is 15.7. The van der Waals surface area contributed by atoms with E-state index in [4.69, 9.17) is 23.2 Å². The van der Waals surface area contributed by atoms with E-state index in [1.165, 1.54) is 31.2 Å². The summed E-state index contributed by atoms with van der Waals surface area (Å²) in [5.74, 6) is -0.427. The average Bonchev–Trinajstić information content (AvgIpc) is 2.38. The zero-order valence-corrected chi connectivity index (χ0v) is 13.6. The molecule has 0 heterocycles. The highest BCUT2D eigenvalue weighted by molar-refractivity contribution is 7.91. The van der Waals surface area contributed by atoms with E-state index >= 15 is 0 Å². The molecular formula is C15H14Cl2O3S. The first kappa shape index (κ1) is 16.3. The summed E-state index contributed by atoms with van der Waals surface area (Å²) in [7, 11) is -3.63. The number of sulfone groups is 1. The van der Waals surface area contributed by atoms with E-state index in [0.29, 0.717) is 15.6 Å². The van der Waals surface area contributed by atoms with Crippen LogP contribution in [0, 0.1) is 0 Å². The third-order valence-corrected chi connectivity index (χ3v) is 5.55. The number of benzene rings is 2. The van der Waals surface area contributed by atoms with Crippen molar-refractivity contribution in [2.75, 3.05) is 5.75 Å². The van der Waals surface area contributed by atoms with Gasteiger partial charge in [-0.1, -0.05) is 35.3 Å². The van der Waals surface area contributed by atoms with Gasteiger partial charge in [0.25, 0.3) is 0 Å². The van der Waals surface area contributed by atoms with Gasteiger partial charge in [0.2, 0.25) is 0 Å². The standard InChI is InChI=1S/C15H14Cl2O3S/c1-15(18,11-2-4-12(16)5-3-11)10-21(19,20)14-8-6-13(17)7-9-14/h2-9,18H,10H2,1H3. The predicted octanol–water partition coefficient (Wildman–Crippen LogP) is 3.67. The lowest BCUT2D eigenvalue weighted by atomic mass is 9.98. The summed E-state index contributed by atoms with van der Waals surface area (Å²) >= 11 is 11.5. The van der Waals surface area contributed by atoms with E-state index in [2.05, 4.69) is 0 Å². The van der Waals surface area contributed by atoms with Gasteiger partial charge < -0.3 is 5.11 Å². The first-order chi connectivity index (χ1) is 9.71. The third-order valence-electron chi connectivity index (χ3n) is 3.11. The second-order valence-corrected chi connectivity index (χ2v) is 7.86. The Hall–Kier alpha value is -1.07. The van der Waals surface area contributed by atoms with E-state index in [1.54, 1.807) is 24.3 Å². The fraction of sp³-hybridized carbons (Fsp3) is 0.200. The lowest BCUT2D eigenvalue weighted by molar-refractivity contribution is 0.0819. The van der Waals surface area contributed by atoms with Crippen LogP contribution >= 0.6 is 23.2 Å². The molecule has 1 unspecified atom stereocenters. The molecule has 6 heteroatoms. The number of hydrogen-bond donors (Lipinski definition) is 1. The molecule has 112 valence electrons. The Morgan fingerprint density at radius 1 is 0.952 bits per heavy atom. The Kier molecular flexibility index (Phi) is 4.63. The van der Waals surface area contributed by atoms with Crippen molar-refractivity contribution in [3.8, 4) is 0 Å². The van der Waals surface area contributed by atoms with Crippen molar-refractivity contribution in [2.24, 2.45) is 0 Å². The highest BCUT2D eigenvalue weighted by atomic mass is 35.5. The maximum atomic E-state index is 12.4. The molecule has 21 heavy (non-hydrogen) atoms. The van der Waals surface area contributed by atoms with Crippen LogP contribution in [0.1, 0.15) is 12.5 Å². The molecule has 2 aromatic carbocycles. The third kappa shape index (κ3) is 3.98. The van der Waals surface area contributed by atoms with Crippen LogP contribution in [0.15, 0.2) is 53.4 Å². The fourth-order valence-corrected chi connectivity index (χ4v) is 3.86. The van der Waals surface area contributed by atoms with Crippen molar-refractivity contribution in [1.29, 1.82) is 0 Å². The quantitative estimate of drug-likeness (QED) is 0.920. The summed E-state index contributed by atoms with van der Waals surface area (Å²) in [6.45, 7) is 1.46. The largest absolute Gasteiger partial charge is 0.384 e. The van der Waals surface area contributed by atoms with Crippen molar-refractivity contribution < 1.29 is 13.5 Å². The van der Waals surface area contributed by atoms with Gasteiger partial charge in [-0.25, -0.2) is 8.42 Å². The number of hydrogen-bond acceptors (Lipinski definition) is 3. The normalized spacial score (nSPS) is 14.7. The first-order valence-electron chi connectivity index (χ1n) is 6.17. The summed E-state index contributed by atoms with van der Waals surface area (Å²) in [5.41, 5.74) is -1.02. The molecule has 0 amide bonds. The Morgan fingerprint density at radius 2 is 1.38 bits per heavy atom. The molecule has 0 saturated carbocycles. The molecular weight excluding hydrogens is 331 g/mol. The summed E-state index contributed by atoms with van der Waals surface area (Å²) in [4.78, 5) is 0.126. The van der Waals surface area contributed by atoms with Gasteiger partial charge in [-0.15, -0.1) is 0 Å². The molecule has 0 saturated heterocycles. The van der Waals surface area contributed by atoms with Crippen LogP contribution in [0.25, 0.3) is 0 Å². The van der Waals surface area contributed by atoms with E-state index in [1.807, 2.05) is 0 Å². The number of aliphatic hydroxyl groups is 1. The topological polar surface area (TPSA) is 54.4 Å². The highest BCUT2D eigenvalue weighted by Gasteiger charge is 2.31. The molecule has 1 N–H and O–H groups in total. The van der Waals surface area contributed by atoms with E-state index in [0.717, 1.165) is 0 Å². The maximum absolute atomic E-state index is 12.4. The molecule has 0 radical (unpaired) electrons. The van der Waals surface area contributed by atoms with Crippen LogP contribution in [0.2, 0.25) is 10.0 Å². The Bertz CT molecular complexity index is 721. The molecule has 2 rings (SSSR count). The van der Waals surface area contributed by atoms with E-state index in [-0.39, 0.29) is 4.90 Å². The molecule has 0 aliphatic carbocycles. The minimum atomic E-state index is -3.63. The van der Waals surface area contributed by atoms with E-state index in [9.17, 15) is 13.5 Å². The van der Waals surface area contributed by atoms with Gasteiger partial charge in [-0.3, -0.25) is 0 Å². The lowest BCUT2D eigenvalue weighted by Crippen LogP contribution is -2.31. The highest BCUT2D eigenvalue weighted by Crippen LogP contribution is 2.27. The molecule has 2 aromatic rings. The van der Waals surface area contributed by atoms with Gasteiger partial charge in [0.15, 0.2) is 9.84 Å². The lowest BCUT2D eigenvalue weighted by Gasteiger charge is -2.23. The summed E-state index contributed by atoms with van der Waals surface area (Å²) in [5, 5.41) is 11.5. The Labute approximate surface area is 134 Å². The van der Waals surface area contributed by atoms with Crippen LogP contribution in [0.3, 0.4) is 0 Å². The van der Waals surface area contributed by atoms with Gasteiger partial charge in [0.1, 0.15) is 5.60 Å². The van der Waals surface area contributed by atoms with E-state index < -0.39 is 21.2 Å². The SMILES string of the molecule is CC(O)(CS(=O)(=O)c1ccc(Cl)cc1)c1ccc(Cl)cc1. The number of rotatable bonds is 4. The van der Waals surface area contributed by atoms with Gasteiger partial charge in [0, 0.05) is 10.0 Å². The second kappa shape index (κ2) is 5.97. The maximum Gasteiger partial charge on any atom is 0.181 e. The molecule has 3 nitrogen and oxygen atoms in total. The van der Waals surface area contributed by atoms with Crippen molar-refractivity contribution in [3.05, 3.63) is 64.1 Å². The summed E-state index contributed by atoms with van der Waals surface area (Å²) < 4.78 is 24.7. The van der Waals surface area contributed by atoms with Crippen LogP contribution in [0.4, 0.5) is 0 Å². The Balaban J connectivity index is 2.30. The number of halogens is 2. The zero-order valence-electron chi connectivity index (χ0n) is 11.3. The monoisotopic (exact) mass is 344 g/mol. The molecule has 0 aromatic heterocycles. The predicted molar refractivity (Wildman–Crippen MR) is 84.5 cm³/mol. The van der Waals surface area contributed by atoms with Crippen LogP contribution < -0.4 is 0 Å². The van der Waals surface area contributed by atoms with Crippen molar-refractivity contribution in [1.82, 2.24) is 0 Å². The van der Waals surface area contributed by atoms with Crippen molar-refractivity contribution in [2.45, 2.75) is 17.4 Å². The van der Waals surface area contributed by atoms with Crippen LogP contribution in [-0.2, 0) is 15.4 Å². The first-order valence-corrected chi connectivity index (χ1v) is 8.58. The van der Waals surface area contributed by atoms with Gasteiger partial charge in [0.05, 0.1) is 10.6 Å². The van der Waals surface area contributed by atoms with Gasteiger partial charge in [-0.05, 0) is 48.9 Å². The van der Waals surface area contributed by atoms with Gasteiger partial charge in [-0.2, -0.15) is 0 Å². The molecule has 0 aliphatic rings. The minimum Gasteiger partial charge on any atom is -0.384 e. The van der Waals surface area contributed by atoms with Crippen LogP contribution in [0.5, 0.6) is 0 Å². The van der Waals surface area contributed by atoms with Crippen molar-refractivity contribution >= 4 is 33.0 Å². The summed E-state index contributed by atoms with van der Waals surface area (Å²) in [6.07, 6.45) is 0. The van der Waals surface area contributed by atoms with Crippen LogP contribution in [-0.4, -0.2) is 19.3 Å². The van der Waals surface area contributed by atoms with Gasteiger partial charge >= 0.3 is 0 Å². The average molecular weight is 345 g/mol. The van der Waals surface area contributed by atoms with Crippen molar-refractivity contribution in [3.63, 3.8) is 0 Å². The summed E-state index contributed by atoms with van der Waals surface area (Å²) in [6, 6.07) is 12.3. The second-order valence-electron chi connectivity index (χ2n) is 4.99. The fourth-order valence-electron chi connectivity index (χ4n) is 1.99. The Morgan fingerprint density at radius 3 is 1.86 bits per heavy atom. The smallest absolute Gasteiger partial charge is 0.181 e. The molecule has 0 spiro atoms. The molecule has 0 fully saturated rings. The molecule has 0 aliphatic heterocycles. The minimum absolute atomic E-state index is 0.126. The molecule has 0 bridgehead atoms. The molecule has 1 atom stereocenters.